The molecular weight excluding hydrogens is 771 g/mol. The largest absolute Gasteiger partial charge is 0.481 e. The van der Waals surface area contributed by atoms with E-state index in [0.717, 1.165) is 54.9 Å². The summed E-state index contributed by atoms with van der Waals surface area (Å²) in [5, 5.41) is 9.06. The van der Waals surface area contributed by atoms with Crippen LogP contribution in [0.25, 0.3) is 0 Å². The Balaban J connectivity index is 0.000000762. The number of carboxylic acids is 1. The average molecular weight is 887 g/mol. The predicted octanol–water partition coefficient (Wildman–Crippen LogP) is 19.2. The van der Waals surface area contributed by atoms with Gasteiger partial charge in [-0.25, -0.2) is 0 Å². The van der Waals surface area contributed by atoms with Gasteiger partial charge in [0, 0.05) is 5.71 Å². The van der Waals surface area contributed by atoms with Gasteiger partial charge >= 0.3 is 5.97 Å². The summed E-state index contributed by atoms with van der Waals surface area (Å²) in [6.45, 7) is 50.5. The summed E-state index contributed by atoms with van der Waals surface area (Å²) in [7, 11) is 0. The fourth-order valence-electron chi connectivity index (χ4n) is 10.0. The first-order valence-corrected chi connectivity index (χ1v) is 26.1. The summed E-state index contributed by atoms with van der Waals surface area (Å²) in [6.07, 6.45) is 26.0. The number of hydrogen-bond acceptors (Lipinski definition) is 3. The maximum absolute atomic E-state index is 11.0. The molecule has 0 spiro atoms. The number of hydrogen-bond donors (Lipinski definition) is 1. The number of ether oxygens (including phenoxy) is 1. The van der Waals surface area contributed by atoms with Crippen molar-refractivity contribution in [2.75, 3.05) is 6.54 Å². The first kappa shape index (κ1) is 61.8. The van der Waals surface area contributed by atoms with Crippen LogP contribution in [0.1, 0.15) is 282 Å². The number of nitrogens with zero attached hydrogens (tertiary/aromatic N) is 1. The van der Waals surface area contributed by atoms with Crippen LogP contribution in [0.15, 0.2) is 16.1 Å². The van der Waals surface area contributed by atoms with Crippen molar-refractivity contribution < 1.29 is 14.6 Å². The molecule has 63 heavy (non-hydrogen) atoms. The molecule has 5 rings (SSSR count). The van der Waals surface area contributed by atoms with E-state index >= 15 is 0 Å². The maximum Gasteiger partial charge on any atom is 0.309 e. The third kappa shape index (κ3) is 23.4. The highest BCUT2D eigenvalue weighted by Gasteiger charge is 2.45. The topological polar surface area (TPSA) is 58.9 Å². The molecule has 5 aliphatic rings. The van der Waals surface area contributed by atoms with Crippen LogP contribution in [0, 0.1) is 55.7 Å². The SMILES string of the molecule is C.CC1(C(=O)O)CCC(C(C)(C)C)C1.CC1=NCC(C)=C1CC(C)(C)C.CC1CC(OC(C)(C)C)C1.CCC1(CCC(C)C(C)(C)C)CCC1.CCC1(CCCC(C)(C)C)CCC1. The summed E-state index contributed by atoms with van der Waals surface area (Å²) in [6, 6.07) is 0. The van der Waals surface area contributed by atoms with E-state index in [-0.39, 0.29) is 18.4 Å². The third-order valence-corrected chi connectivity index (χ3v) is 16.1. The second kappa shape index (κ2) is 25.3. The van der Waals surface area contributed by atoms with E-state index in [1.807, 2.05) is 6.92 Å². The van der Waals surface area contributed by atoms with E-state index in [4.69, 9.17) is 9.84 Å². The average Bonchev–Trinajstić information content (AvgIpc) is 3.63. The molecule has 0 aromatic heterocycles. The number of carbonyl (C=O) groups is 1. The molecule has 4 heteroatoms. The molecule has 4 fully saturated rings. The van der Waals surface area contributed by atoms with Gasteiger partial charge in [-0.1, -0.05) is 150 Å². The zero-order valence-corrected chi connectivity index (χ0v) is 46.2. The molecule has 1 heterocycles. The van der Waals surface area contributed by atoms with Crippen LogP contribution < -0.4 is 0 Å². The van der Waals surface area contributed by atoms with E-state index in [1.165, 1.54) is 113 Å². The maximum atomic E-state index is 11.0. The van der Waals surface area contributed by atoms with Crippen molar-refractivity contribution in [3.05, 3.63) is 11.1 Å². The Morgan fingerprint density at radius 3 is 1.57 bits per heavy atom. The molecule has 0 aromatic carbocycles. The monoisotopic (exact) mass is 886 g/mol. The van der Waals surface area contributed by atoms with Crippen LogP contribution in [-0.4, -0.2) is 35.0 Å². The van der Waals surface area contributed by atoms with Gasteiger partial charge in [0.25, 0.3) is 0 Å². The summed E-state index contributed by atoms with van der Waals surface area (Å²) in [5.74, 6) is 1.70. The molecule has 4 aliphatic carbocycles. The lowest BCUT2D eigenvalue weighted by Crippen LogP contribution is -2.36. The second-order valence-electron chi connectivity index (χ2n) is 27.6. The van der Waals surface area contributed by atoms with Gasteiger partial charge in [0.15, 0.2) is 0 Å². The molecule has 0 saturated heterocycles. The minimum Gasteiger partial charge on any atom is -0.481 e. The van der Waals surface area contributed by atoms with Crippen molar-refractivity contribution in [3.63, 3.8) is 0 Å². The van der Waals surface area contributed by atoms with Gasteiger partial charge in [-0.05, 0) is 193 Å². The van der Waals surface area contributed by atoms with Crippen molar-refractivity contribution in [2.45, 2.75) is 293 Å². The van der Waals surface area contributed by atoms with Gasteiger partial charge in [0.2, 0.25) is 0 Å². The number of aliphatic imine (C=N–C) groups is 1. The molecule has 0 bridgehead atoms. The second-order valence-corrected chi connectivity index (χ2v) is 27.6. The molecule has 4 nitrogen and oxygen atoms in total. The fraction of sp³-hybridized carbons (Fsp3) is 0.932. The van der Waals surface area contributed by atoms with Crippen molar-refractivity contribution in [1.82, 2.24) is 0 Å². The van der Waals surface area contributed by atoms with Crippen molar-refractivity contribution >= 4 is 11.7 Å². The molecule has 3 unspecified atom stereocenters. The van der Waals surface area contributed by atoms with E-state index in [0.29, 0.717) is 28.3 Å². The predicted molar refractivity (Wildman–Crippen MR) is 281 cm³/mol. The number of allylic oxidation sites excluding steroid dienone is 1. The molecule has 4 saturated carbocycles. The highest BCUT2D eigenvalue weighted by atomic mass is 16.5. The molecule has 0 radical (unpaired) electrons. The third-order valence-electron chi connectivity index (χ3n) is 16.1. The highest BCUT2D eigenvalue weighted by molar-refractivity contribution is 6.00. The van der Waals surface area contributed by atoms with E-state index in [1.54, 1.807) is 0 Å². The standard InChI is InChI=1S/C14H28.C13H26.C11H19N.C11H20O2.C9H18O.CH4/c1-6-14(9-7-10-14)11-8-12(2)13(3,4)5;1-5-13(10-7-11-13)9-6-8-12(2,3)4;1-8-7-12-9(2)10(8)6-11(3,4)5;1-10(2,3)8-5-6-11(4,7-8)9(12)13;1-7-5-8(6-7)10-9(2,3)4;/h12H,6-11H2,1-5H3;5-11H2,1-4H3;6-7H2,1-5H3;8H,5-7H2,1-4H3,(H,12,13);7-8H,5-6H2,1-4H3;1H4. The lowest BCUT2D eigenvalue weighted by Gasteiger charge is -2.43. The molecule has 374 valence electrons. The lowest BCUT2D eigenvalue weighted by atomic mass is 9.63. The smallest absolute Gasteiger partial charge is 0.309 e. The van der Waals surface area contributed by atoms with Gasteiger partial charge in [0.05, 0.1) is 23.7 Å². The van der Waals surface area contributed by atoms with Crippen LogP contribution in [0.5, 0.6) is 0 Å². The number of carboxylic acid groups (broad SMARTS) is 1. The summed E-state index contributed by atoms with van der Waals surface area (Å²) < 4.78 is 5.74. The summed E-state index contributed by atoms with van der Waals surface area (Å²) in [4.78, 5) is 15.4. The Kier molecular flexibility index (Phi) is 24.8. The highest BCUT2D eigenvalue weighted by Crippen LogP contribution is 2.50. The summed E-state index contributed by atoms with van der Waals surface area (Å²) in [5.41, 5.74) is 7.03. The Labute approximate surface area is 396 Å². The van der Waals surface area contributed by atoms with Crippen molar-refractivity contribution in [2.24, 2.45) is 60.7 Å². The van der Waals surface area contributed by atoms with E-state index in [2.05, 4.69) is 150 Å². The lowest BCUT2D eigenvalue weighted by molar-refractivity contribution is -0.147. The van der Waals surface area contributed by atoms with Gasteiger partial charge in [-0.15, -0.1) is 0 Å². The molecule has 1 aliphatic heterocycles. The van der Waals surface area contributed by atoms with Gasteiger partial charge < -0.3 is 9.84 Å². The quantitative estimate of drug-likeness (QED) is 0.225. The first-order chi connectivity index (χ1) is 28.0. The zero-order valence-electron chi connectivity index (χ0n) is 46.2. The Morgan fingerprint density at radius 2 is 1.29 bits per heavy atom. The normalized spacial score (nSPS) is 25.6. The van der Waals surface area contributed by atoms with Crippen LogP contribution in [0.2, 0.25) is 0 Å². The van der Waals surface area contributed by atoms with Crippen LogP contribution in [0.4, 0.5) is 0 Å². The van der Waals surface area contributed by atoms with E-state index < -0.39 is 11.4 Å². The van der Waals surface area contributed by atoms with Gasteiger partial charge in [-0.2, -0.15) is 0 Å². The Hall–Kier alpha value is -1.16. The van der Waals surface area contributed by atoms with Crippen molar-refractivity contribution in [3.8, 4) is 0 Å². The number of rotatable bonds is 11. The zero-order chi connectivity index (χ0) is 48.2. The van der Waals surface area contributed by atoms with Gasteiger partial charge in [0.1, 0.15) is 0 Å². The van der Waals surface area contributed by atoms with Crippen LogP contribution in [0.3, 0.4) is 0 Å². The van der Waals surface area contributed by atoms with Gasteiger partial charge in [-0.3, -0.25) is 9.79 Å². The Bertz CT molecular complexity index is 1360. The van der Waals surface area contributed by atoms with Crippen LogP contribution >= 0.6 is 0 Å². The molecule has 3 atom stereocenters. The molecule has 0 aromatic rings. The first-order valence-electron chi connectivity index (χ1n) is 26.1. The summed E-state index contributed by atoms with van der Waals surface area (Å²) >= 11 is 0. The Morgan fingerprint density at radius 1 is 0.794 bits per heavy atom. The molecule has 0 amide bonds. The molecular formula is C59H115NO3. The van der Waals surface area contributed by atoms with E-state index in [9.17, 15) is 4.79 Å². The minimum absolute atomic E-state index is 0. The number of aliphatic carboxylic acids is 1. The minimum atomic E-state index is -0.626. The molecule has 1 N–H and O–H groups in total. The van der Waals surface area contributed by atoms with Crippen LogP contribution in [-0.2, 0) is 9.53 Å². The van der Waals surface area contributed by atoms with Crippen molar-refractivity contribution in [1.29, 1.82) is 0 Å². The fourth-order valence-corrected chi connectivity index (χ4v) is 10.0.